The Morgan fingerprint density at radius 3 is 1.96 bits per heavy atom. The summed E-state index contributed by atoms with van der Waals surface area (Å²) in [5, 5.41) is 12.3. The molecule has 6 nitrogen and oxygen atoms in total. The zero-order valence-electron chi connectivity index (χ0n) is 14.6. The molecule has 6 heteroatoms. The second kappa shape index (κ2) is 10.3. The molecule has 2 rings (SSSR count). The summed E-state index contributed by atoms with van der Waals surface area (Å²) in [5.74, 6) is -2.10. The number of carboxylic acid groups (broad SMARTS) is 1. The quantitative estimate of drug-likeness (QED) is 0.636. The second-order valence-electron chi connectivity index (χ2n) is 5.73. The molecule has 1 atom stereocenters. The molecule has 0 aliphatic rings. The zero-order chi connectivity index (χ0) is 18.8. The monoisotopic (exact) mass is 357 g/mol. The first kappa shape index (κ1) is 19.6. The van der Waals surface area contributed by atoms with Crippen molar-refractivity contribution in [1.82, 2.24) is 5.32 Å². The summed E-state index contributed by atoms with van der Waals surface area (Å²) >= 11 is 0. The molecule has 0 aliphatic heterocycles. The Balaban J connectivity index is 2.22. The van der Waals surface area contributed by atoms with E-state index >= 15 is 0 Å². The zero-order valence-corrected chi connectivity index (χ0v) is 14.6. The van der Waals surface area contributed by atoms with Crippen molar-refractivity contribution in [2.75, 3.05) is 26.9 Å². The van der Waals surface area contributed by atoms with Crippen molar-refractivity contribution in [2.24, 2.45) is 0 Å². The van der Waals surface area contributed by atoms with Gasteiger partial charge in [-0.2, -0.15) is 0 Å². The third-order valence-electron chi connectivity index (χ3n) is 3.90. The molecular formula is C20H23NO5. The summed E-state index contributed by atoms with van der Waals surface area (Å²) < 4.78 is 10.0. The topological polar surface area (TPSA) is 84.9 Å². The first-order valence-corrected chi connectivity index (χ1v) is 8.32. The maximum atomic E-state index is 12.1. The number of carboxylic acids is 1. The van der Waals surface area contributed by atoms with E-state index in [9.17, 15) is 14.7 Å². The van der Waals surface area contributed by atoms with E-state index in [1.54, 1.807) is 0 Å². The third kappa shape index (κ3) is 5.68. The minimum absolute atomic E-state index is 0.219. The van der Waals surface area contributed by atoms with E-state index in [0.29, 0.717) is 6.61 Å². The van der Waals surface area contributed by atoms with E-state index in [1.165, 1.54) is 7.11 Å². The van der Waals surface area contributed by atoms with Gasteiger partial charge < -0.3 is 19.9 Å². The lowest BCUT2D eigenvalue weighted by molar-refractivity contribution is -0.143. The first-order chi connectivity index (χ1) is 12.6. The van der Waals surface area contributed by atoms with Gasteiger partial charge in [0.1, 0.15) is 12.6 Å². The van der Waals surface area contributed by atoms with Gasteiger partial charge in [0.15, 0.2) is 0 Å². The molecule has 138 valence electrons. The van der Waals surface area contributed by atoms with Crippen molar-refractivity contribution in [1.29, 1.82) is 0 Å². The van der Waals surface area contributed by atoms with Crippen molar-refractivity contribution in [3.63, 3.8) is 0 Å². The number of nitrogens with one attached hydrogen (secondary N) is 1. The molecule has 2 aromatic rings. The predicted octanol–water partition coefficient (Wildman–Crippen LogP) is 2.05. The van der Waals surface area contributed by atoms with Crippen LogP contribution >= 0.6 is 0 Å². The summed E-state index contributed by atoms with van der Waals surface area (Å²) in [6, 6.07) is 17.4. The smallest absolute Gasteiger partial charge is 0.327 e. The number of carbonyl (C=O) groups is 2. The Morgan fingerprint density at radius 1 is 0.962 bits per heavy atom. The second-order valence-corrected chi connectivity index (χ2v) is 5.73. The van der Waals surface area contributed by atoms with Crippen molar-refractivity contribution in [3.8, 4) is 0 Å². The van der Waals surface area contributed by atoms with Crippen LogP contribution in [0.25, 0.3) is 0 Å². The van der Waals surface area contributed by atoms with Crippen molar-refractivity contribution in [3.05, 3.63) is 71.8 Å². The molecule has 2 N–H and O–H groups in total. The van der Waals surface area contributed by atoms with Gasteiger partial charge in [-0.25, -0.2) is 4.79 Å². The highest BCUT2D eigenvalue weighted by atomic mass is 16.5. The Hall–Kier alpha value is -2.70. The average molecular weight is 357 g/mol. The van der Waals surface area contributed by atoms with Crippen LogP contribution in [-0.4, -0.2) is 50.0 Å². The van der Waals surface area contributed by atoms with Crippen molar-refractivity contribution >= 4 is 11.9 Å². The van der Waals surface area contributed by atoms with Crippen LogP contribution in [0.15, 0.2) is 60.7 Å². The molecule has 0 fully saturated rings. The van der Waals surface area contributed by atoms with Gasteiger partial charge in [0.05, 0.1) is 13.2 Å². The van der Waals surface area contributed by atoms with E-state index in [4.69, 9.17) is 9.47 Å². The standard InChI is InChI=1S/C20H23NO5/c1-25-12-13-26-14-17(22)21-19(20(23)24)18(15-8-4-2-5-9-15)16-10-6-3-7-11-16/h2-11,18-19H,12-14H2,1H3,(H,21,22)(H,23,24)/t19-/m1/s1. The van der Waals surface area contributed by atoms with Crippen LogP contribution in [0.2, 0.25) is 0 Å². The van der Waals surface area contributed by atoms with Crippen LogP contribution in [-0.2, 0) is 19.1 Å². The highest BCUT2D eigenvalue weighted by molar-refractivity contribution is 5.85. The molecule has 2 aromatic carbocycles. The number of amides is 1. The fourth-order valence-electron chi connectivity index (χ4n) is 2.71. The minimum atomic E-state index is -1.11. The van der Waals surface area contributed by atoms with Gasteiger partial charge in [-0.1, -0.05) is 60.7 Å². The lowest BCUT2D eigenvalue weighted by Crippen LogP contribution is -2.46. The molecule has 0 spiro atoms. The predicted molar refractivity (Wildman–Crippen MR) is 97.0 cm³/mol. The van der Waals surface area contributed by atoms with E-state index in [0.717, 1.165) is 11.1 Å². The number of rotatable bonds is 10. The SMILES string of the molecule is COCCOCC(=O)N[C@@H](C(=O)O)C(c1ccccc1)c1ccccc1. The molecule has 26 heavy (non-hydrogen) atoms. The van der Waals surface area contributed by atoms with Crippen LogP contribution in [0.1, 0.15) is 17.0 Å². The molecule has 0 aromatic heterocycles. The molecule has 0 bridgehead atoms. The molecule has 1 amide bonds. The number of methoxy groups -OCH3 is 1. The molecule has 0 aliphatic carbocycles. The number of carbonyl (C=O) groups excluding carboxylic acids is 1. The average Bonchev–Trinajstić information content (AvgIpc) is 2.66. The van der Waals surface area contributed by atoms with Gasteiger partial charge in [0, 0.05) is 13.0 Å². The maximum Gasteiger partial charge on any atom is 0.327 e. The van der Waals surface area contributed by atoms with Gasteiger partial charge in [-0.3, -0.25) is 4.79 Å². The number of ether oxygens (including phenoxy) is 2. The number of aliphatic carboxylic acids is 1. The number of benzene rings is 2. The van der Waals surface area contributed by atoms with Gasteiger partial charge >= 0.3 is 5.97 Å². The van der Waals surface area contributed by atoms with E-state index in [2.05, 4.69) is 5.32 Å². The Morgan fingerprint density at radius 2 is 1.50 bits per heavy atom. The molecule has 0 radical (unpaired) electrons. The van der Waals surface area contributed by atoms with Crippen molar-refractivity contribution in [2.45, 2.75) is 12.0 Å². The van der Waals surface area contributed by atoms with Gasteiger partial charge in [-0.05, 0) is 11.1 Å². The fraction of sp³-hybridized carbons (Fsp3) is 0.300. The number of hydrogen-bond donors (Lipinski definition) is 2. The van der Waals surface area contributed by atoms with Crippen LogP contribution in [0.5, 0.6) is 0 Å². The van der Waals surface area contributed by atoms with Gasteiger partial charge in [0.25, 0.3) is 0 Å². The molecule has 0 saturated heterocycles. The van der Waals surface area contributed by atoms with Gasteiger partial charge in [0.2, 0.25) is 5.91 Å². The molecule has 0 unspecified atom stereocenters. The largest absolute Gasteiger partial charge is 0.480 e. The summed E-state index contributed by atoms with van der Waals surface area (Å²) in [6.07, 6.45) is 0. The lowest BCUT2D eigenvalue weighted by atomic mass is 9.85. The van der Waals surface area contributed by atoms with E-state index < -0.39 is 23.8 Å². The van der Waals surface area contributed by atoms with Crippen LogP contribution in [0, 0.1) is 0 Å². The Labute approximate surface area is 152 Å². The third-order valence-corrected chi connectivity index (χ3v) is 3.90. The summed E-state index contributed by atoms with van der Waals surface area (Å²) in [4.78, 5) is 24.1. The van der Waals surface area contributed by atoms with E-state index in [-0.39, 0.29) is 13.2 Å². The lowest BCUT2D eigenvalue weighted by Gasteiger charge is -2.26. The minimum Gasteiger partial charge on any atom is -0.480 e. The highest BCUT2D eigenvalue weighted by Crippen LogP contribution is 2.28. The van der Waals surface area contributed by atoms with Crippen LogP contribution < -0.4 is 5.32 Å². The fourth-order valence-corrected chi connectivity index (χ4v) is 2.71. The van der Waals surface area contributed by atoms with E-state index in [1.807, 2.05) is 60.7 Å². The first-order valence-electron chi connectivity index (χ1n) is 8.32. The number of hydrogen-bond acceptors (Lipinski definition) is 4. The van der Waals surface area contributed by atoms with Crippen LogP contribution in [0.4, 0.5) is 0 Å². The van der Waals surface area contributed by atoms with Gasteiger partial charge in [-0.15, -0.1) is 0 Å². The molecular weight excluding hydrogens is 334 g/mol. The van der Waals surface area contributed by atoms with Crippen LogP contribution in [0.3, 0.4) is 0 Å². The Kier molecular flexibility index (Phi) is 7.79. The summed E-state index contributed by atoms with van der Waals surface area (Å²) in [6.45, 7) is 0.415. The summed E-state index contributed by atoms with van der Waals surface area (Å²) in [7, 11) is 1.54. The normalized spacial score (nSPS) is 11.9. The maximum absolute atomic E-state index is 12.1. The molecule has 0 heterocycles. The highest BCUT2D eigenvalue weighted by Gasteiger charge is 2.32. The summed E-state index contributed by atoms with van der Waals surface area (Å²) in [5.41, 5.74) is 1.62. The van der Waals surface area contributed by atoms with Crippen molar-refractivity contribution < 1.29 is 24.2 Å². The molecule has 0 saturated carbocycles. The Bertz CT molecular complexity index is 650.